The van der Waals surface area contributed by atoms with E-state index in [2.05, 4.69) is 19.9 Å². The number of aryl methyl sites for hydroxylation is 2. The van der Waals surface area contributed by atoms with Crippen molar-refractivity contribution < 1.29 is 17.3 Å². The second kappa shape index (κ2) is 8.06. The van der Waals surface area contributed by atoms with Gasteiger partial charge in [0.05, 0.1) is 4.90 Å². The summed E-state index contributed by atoms with van der Waals surface area (Å²) >= 11 is 6.38. The molecule has 0 spiro atoms. The summed E-state index contributed by atoms with van der Waals surface area (Å²) in [5.74, 6) is 0.745. The van der Waals surface area contributed by atoms with Crippen molar-refractivity contribution in [3.05, 3.63) is 81.9 Å². The summed E-state index contributed by atoms with van der Waals surface area (Å²) in [6.07, 6.45) is 0.138. The van der Waals surface area contributed by atoms with Gasteiger partial charge in [-0.05, 0) is 61.7 Å². The number of halogens is 1. The number of rotatable bonds is 5. The minimum Gasteiger partial charge on any atom is -0.487 e. The van der Waals surface area contributed by atoms with Crippen LogP contribution in [0.5, 0.6) is 5.75 Å². The molecule has 0 amide bonds. The summed E-state index contributed by atoms with van der Waals surface area (Å²) in [6.45, 7) is 5.98. The molecule has 1 aliphatic rings. The fourth-order valence-corrected chi connectivity index (χ4v) is 4.85. The van der Waals surface area contributed by atoms with Crippen LogP contribution in [0, 0.1) is 20.8 Å². The van der Waals surface area contributed by atoms with Gasteiger partial charge in [-0.25, -0.2) is 0 Å². The summed E-state index contributed by atoms with van der Waals surface area (Å²) in [4.78, 5) is 0.141. The summed E-state index contributed by atoms with van der Waals surface area (Å²) in [5, 5.41) is 0.627. The summed E-state index contributed by atoms with van der Waals surface area (Å²) in [5.41, 5.74) is 6.26. The molecule has 1 aliphatic heterocycles. The van der Waals surface area contributed by atoms with E-state index in [-0.39, 0.29) is 11.5 Å². The molecule has 0 aliphatic carbocycles. The fraction of sp³-hybridized carbons (Fsp3) is 0.250. The minimum atomic E-state index is -3.84. The molecular formula is C24H23ClO4S. The highest BCUT2D eigenvalue weighted by Crippen LogP contribution is 2.42. The van der Waals surface area contributed by atoms with E-state index in [0.717, 1.165) is 33.6 Å². The van der Waals surface area contributed by atoms with E-state index in [1.807, 2.05) is 31.2 Å². The van der Waals surface area contributed by atoms with Crippen molar-refractivity contribution in [2.75, 3.05) is 6.61 Å². The van der Waals surface area contributed by atoms with Gasteiger partial charge in [0, 0.05) is 22.6 Å². The van der Waals surface area contributed by atoms with Crippen molar-refractivity contribution >= 4 is 21.7 Å². The molecule has 0 aromatic heterocycles. The first-order chi connectivity index (χ1) is 14.2. The number of fused-ring (bicyclic) bond motifs is 1. The molecule has 4 rings (SSSR count). The van der Waals surface area contributed by atoms with Gasteiger partial charge in [-0.1, -0.05) is 47.5 Å². The van der Waals surface area contributed by atoms with Crippen molar-refractivity contribution in [1.82, 2.24) is 0 Å². The Bertz CT molecular complexity index is 1200. The van der Waals surface area contributed by atoms with Crippen molar-refractivity contribution in [3.8, 4) is 16.9 Å². The molecule has 4 nitrogen and oxygen atoms in total. The lowest BCUT2D eigenvalue weighted by Crippen LogP contribution is -2.23. The maximum Gasteiger partial charge on any atom is 0.297 e. The van der Waals surface area contributed by atoms with E-state index in [4.69, 9.17) is 20.5 Å². The highest BCUT2D eigenvalue weighted by molar-refractivity contribution is 7.86. The van der Waals surface area contributed by atoms with E-state index in [0.29, 0.717) is 11.4 Å². The van der Waals surface area contributed by atoms with Crippen LogP contribution >= 0.6 is 11.6 Å². The summed E-state index contributed by atoms with van der Waals surface area (Å²) in [7, 11) is -3.84. The van der Waals surface area contributed by atoms with Gasteiger partial charge < -0.3 is 4.74 Å². The van der Waals surface area contributed by atoms with Crippen LogP contribution in [0.25, 0.3) is 11.1 Å². The molecule has 6 heteroatoms. The molecule has 30 heavy (non-hydrogen) atoms. The molecule has 0 saturated heterocycles. The van der Waals surface area contributed by atoms with Crippen molar-refractivity contribution in [1.29, 1.82) is 0 Å². The van der Waals surface area contributed by atoms with Gasteiger partial charge in [-0.15, -0.1) is 0 Å². The maximum absolute atomic E-state index is 12.5. The smallest absolute Gasteiger partial charge is 0.297 e. The van der Waals surface area contributed by atoms with E-state index < -0.39 is 16.2 Å². The van der Waals surface area contributed by atoms with E-state index in [1.54, 1.807) is 24.3 Å². The third-order valence-electron chi connectivity index (χ3n) is 5.48. The van der Waals surface area contributed by atoms with Gasteiger partial charge in [0.15, 0.2) is 0 Å². The van der Waals surface area contributed by atoms with Gasteiger partial charge in [0.2, 0.25) is 0 Å². The van der Waals surface area contributed by atoms with Crippen LogP contribution in [0.1, 0.15) is 22.3 Å². The van der Waals surface area contributed by atoms with Gasteiger partial charge >= 0.3 is 0 Å². The molecule has 0 radical (unpaired) electrons. The SMILES string of the molecule is Cc1ccc(S(=O)(=O)OCC2Cc3cc(Cl)cc(-c4cccc(C)c4C)c3O2)cc1. The quantitative estimate of drug-likeness (QED) is 0.480. The Morgan fingerprint density at radius 2 is 1.77 bits per heavy atom. The third kappa shape index (κ3) is 4.10. The standard InChI is InChI=1S/C24H23ClO4S/c1-15-7-9-21(10-8-15)30(26,27)28-14-20-12-18-11-19(25)13-23(24(18)29-20)22-6-4-5-16(2)17(22)3/h4-11,13,20H,12,14H2,1-3H3. The zero-order valence-corrected chi connectivity index (χ0v) is 18.7. The second-order valence-electron chi connectivity index (χ2n) is 7.68. The lowest BCUT2D eigenvalue weighted by molar-refractivity contribution is 0.152. The molecule has 0 bridgehead atoms. The van der Waals surface area contributed by atoms with Crippen LogP contribution in [0.3, 0.4) is 0 Å². The van der Waals surface area contributed by atoms with Crippen molar-refractivity contribution in [2.45, 2.75) is 38.2 Å². The third-order valence-corrected chi connectivity index (χ3v) is 6.99. The number of hydrogen-bond acceptors (Lipinski definition) is 4. The largest absolute Gasteiger partial charge is 0.487 e. The first-order valence-electron chi connectivity index (χ1n) is 9.76. The predicted octanol–water partition coefficient (Wildman–Crippen LogP) is 5.64. The average Bonchev–Trinajstić information content (AvgIpc) is 3.11. The Kier molecular flexibility index (Phi) is 5.62. The molecule has 1 heterocycles. The van der Waals surface area contributed by atoms with Crippen LogP contribution in [-0.4, -0.2) is 21.1 Å². The van der Waals surface area contributed by atoms with Gasteiger partial charge in [-0.2, -0.15) is 8.42 Å². The Labute approximate surface area is 182 Å². The Morgan fingerprint density at radius 1 is 1.03 bits per heavy atom. The highest BCUT2D eigenvalue weighted by Gasteiger charge is 2.29. The topological polar surface area (TPSA) is 52.6 Å². The van der Waals surface area contributed by atoms with E-state index in [1.165, 1.54) is 5.56 Å². The Hall–Kier alpha value is -2.34. The minimum absolute atomic E-state index is 0.0608. The maximum atomic E-state index is 12.5. The Morgan fingerprint density at radius 3 is 2.50 bits per heavy atom. The van der Waals surface area contributed by atoms with Crippen LogP contribution in [0.2, 0.25) is 5.02 Å². The molecule has 0 N–H and O–H groups in total. The number of ether oxygens (including phenoxy) is 1. The first kappa shape index (κ1) is 20.9. The lowest BCUT2D eigenvalue weighted by atomic mass is 9.95. The molecule has 0 saturated carbocycles. The number of benzene rings is 3. The highest BCUT2D eigenvalue weighted by atomic mass is 35.5. The van der Waals surface area contributed by atoms with Crippen molar-refractivity contribution in [3.63, 3.8) is 0 Å². The van der Waals surface area contributed by atoms with Crippen molar-refractivity contribution in [2.24, 2.45) is 0 Å². The molecule has 1 atom stereocenters. The van der Waals surface area contributed by atoms with Gasteiger partial charge in [0.1, 0.15) is 18.5 Å². The lowest BCUT2D eigenvalue weighted by Gasteiger charge is -2.15. The van der Waals surface area contributed by atoms with Crippen LogP contribution in [-0.2, 0) is 20.7 Å². The molecule has 3 aromatic rings. The normalized spacial score (nSPS) is 15.7. The number of hydrogen-bond donors (Lipinski definition) is 0. The Balaban J connectivity index is 1.56. The molecular weight excluding hydrogens is 420 g/mol. The zero-order valence-electron chi connectivity index (χ0n) is 17.1. The monoisotopic (exact) mass is 442 g/mol. The first-order valence-corrected chi connectivity index (χ1v) is 11.5. The fourth-order valence-electron chi connectivity index (χ4n) is 3.67. The predicted molar refractivity (Wildman–Crippen MR) is 119 cm³/mol. The van der Waals surface area contributed by atoms with Gasteiger partial charge in [0.25, 0.3) is 10.1 Å². The van der Waals surface area contributed by atoms with E-state index >= 15 is 0 Å². The zero-order chi connectivity index (χ0) is 21.5. The van der Waals surface area contributed by atoms with E-state index in [9.17, 15) is 8.42 Å². The van der Waals surface area contributed by atoms with Crippen LogP contribution in [0.15, 0.2) is 59.5 Å². The molecule has 0 fully saturated rings. The van der Waals surface area contributed by atoms with Gasteiger partial charge in [-0.3, -0.25) is 4.18 Å². The summed E-state index contributed by atoms with van der Waals surface area (Å²) in [6, 6.07) is 16.5. The molecule has 1 unspecified atom stereocenters. The molecule has 3 aromatic carbocycles. The molecule has 156 valence electrons. The summed E-state index contributed by atoms with van der Waals surface area (Å²) < 4.78 is 36.4. The second-order valence-corrected chi connectivity index (χ2v) is 9.74. The average molecular weight is 443 g/mol. The van der Waals surface area contributed by atoms with Crippen LogP contribution in [0.4, 0.5) is 0 Å². The van der Waals surface area contributed by atoms with Crippen LogP contribution < -0.4 is 4.74 Å².